The summed E-state index contributed by atoms with van der Waals surface area (Å²) >= 11 is 0. The Balaban J connectivity index is 1.48. The highest BCUT2D eigenvalue weighted by atomic mass is 16.5. The van der Waals surface area contributed by atoms with E-state index in [2.05, 4.69) is 20.6 Å². The molecule has 3 heterocycles. The normalized spacial score (nSPS) is 12.7. The molecule has 0 saturated heterocycles. The van der Waals surface area contributed by atoms with E-state index in [0.29, 0.717) is 36.6 Å². The van der Waals surface area contributed by atoms with Crippen LogP contribution in [0.2, 0.25) is 0 Å². The van der Waals surface area contributed by atoms with Crippen molar-refractivity contribution in [2.45, 2.75) is 13.0 Å². The van der Waals surface area contributed by atoms with E-state index < -0.39 is 0 Å². The fourth-order valence-electron chi connectivity index (χ4n) is 3.36. The number of nitrogens with one attached hydrogen (secondary N) is 2. The molecular weight excluding hydrogens is 394 g/mol. The molecule has 8 nitrogen and oxygen atoms in total. The van der Waals surface area contributed by atoms with Gasteiger partial charge in [0, 0.05) is 25.1 Å². The molecule has 0 unspecified atom stereocenters. The summed E-state index contributed by atoms with van der Waals surface area (Å²) in [6.07, 6.45) is 5.70. The molecule has 1 aromatic carbocycles. The minimum atomic E-state index is -0.235. The van der Waals surface area contributed by atoms with Crippen molar-refractivity contribution in [3.63, 3.8) is 0 Å². The second-order valence-corrected chi connectivity index (χ2v) is 7.14. The van der Waals surface area contributed by atoms with Crippen LogP contribution in [0, 0.1) is 0 Å². The maximum absolute atomic E-state index is 12.6. The molecule has 0 bridgehead atoms. The molecule has 2 aromatic heterocycles. The van der Waals surface area contributed by atoms with Crippen LogP contribution in [0.15, 0.2) is 61.1 Å². The largest absolute Gasteiger partial charge is 0.497 e. The van der Waals surface area contributed by atoms with Crippen LogP contribution in [0.5, 0.6) is 5.75 Å². The van der Waals surface area contributed by atoms with Gasteiger partial charge in [0.25, 0.3) is 5.91 Å². The Morgan fingerprint density at radius 1 is 1.19 bits per heavy atom. The Morgan fingerprint density at radius 3 is 2.77 bits per heavy atom. The number of methoxy groups -OCH3 is 1. The summed E-state index contributed by atoms with van der Waals surface area (Å²) in [5, 5.41) is 5.91. The number of pyridine rings is 2. The zero-order valence-corrected chi connectivity index (χ0v) is 17.2. The van der Waals surface area contributed by atoms with Crippen LogP contribution in [-0.4, -0.2) is 42.0 Å². The summed E-state index contributed by atoms with van der Waals surface area (Å²) in [6, 6.07) is 13.1. The van der Waals surface area contributed by atoms with Crippen LogP contribution < -0.4 is 20.3 Å². The first-order valence-corrected chi connectivity index (χ1v) is 9.98. The number of fused-ring (bicyclic) bond motifs is 1. The van der Waals surface area contributed by atoms with E-state index in [1.807, 2.05) is 36.4 Å². The molecule has 31 heavy (non-hydrogen) atoms. The highest BCUT2D eigenvalue weighted by molar-refractivity contribution is 6.04. The Kier molecular flexibility index (Phi) is 6.07. The van der Waals surface area contributed by atoms with Gasteiger partial charge in [-0.2, -0.15) is 0 Å². The molecule has 158 valence electrons. The summed E-state index contributed by atoms with van der Waals surface area (Å²) in [4.78, 5) is 35.3. The number of carbonyl (C=O) groups is 2. The number of ether oxygens (including phenoxy) is 1. The average molecular weight is 417 g/mol. The van der Waals surface area contributed by atoms with Gasteiger partial charge < -0.3 is 20.3 Å². The van der Waals surface area contributed by atoms with E-state index in [1.54, 1.807) is 30.5 Å². The maximum atomic E-state index is 12.6. The summed E-state index contributed by atoms with van der Waals surface area (Å²) in [5.74, 6) is 1.02. The number of anilines is 2. The van der Waals surface area contributed by atoms with Gasteiger partial charge in [-0.3, -0.25) is 14.6 Å². The number of hydrogen-bond acceptors (Lipinski definition) is 6. The predicted molar refractivity (Wildman–Crippen MR) is 117 cm³/mol. The third-order valence-corrected chi connectivity index (χ3v) is 5.05. The molecule has 0 fully saturated rings. The summed E-state index contributed by atoms with van der Waals surface area (Å²) in [5.41, 5.74) is 2.99. The molecular formula is C23H23N5O3. The summed E-state index contributed by atoms with van der Waals surface area (Å²) < 4.78 is 5.19. The van der Waals surface area contributed by atoms with Gasteiger partial charge in [0.1, 0.15) is 5.75 Å². The molecule has 0 saturated carbocycles. The van der Waals surface area contributed by atoms with Crippen molar-refractivity contribution < 1.29 is 14.3 Å². The van der Waals surface area contributed by atoms with Gasteiger partial charge >= 0.3 is 0 Å². The van der Waals surface area contributed by atoms with E-state index >= 15 is 0 Å². The highest BCUT2D eigenvalue weighted by Crippen LogP contribution is 2.30. The van der Waals surface area contributed by atoms with Gasteiger partial charge in [0.05, 0.1) is 31.5 Å². The van der Waals surface area contributed by atoms with Gasteiger partial charge in [-0.15, -0.1) is 0 Å². The average Bonchev–Trinajstić information content (AvgIpc) is 2.81. The smallest absolute Gasteiger partial charge is 0.252 e. The topological polar surface area (TPSA) is 96.5 Å². The molecule has 0 radical (unpaired) electrons. The number of hydrogen-bond donors (Lipinski definition) is 2. The van der Waals surface area contributed by atoms with Crippen LogP contribution in [-0.2, 0) is 17.8 Å². The molecule has 2 N–H and O–H groups in total. The van der Waals surface area contributed by atoms with E-state index in [0.717, 1.165) is 16.9 Å². The van der Waals surface area contributed by atoms with Crippen LogP contribution in [0.1, 0.15) is 21.5 Å². The van der Waals surface area contributed by atoms with Crippen molar-refractivity contribution in [2.75, 3.05) is 30.4 Å². The quantitative estimate of drug-likeness (QED) is 0.613. The molecule has 1 aliphatic heterocycles. The minimum absolute atomic E-state index is 0.0840. The first-order chi connectivity index (χ1) is 15.1. The third kappa shape index (κ3) is 4.80. The Bertz CT molecular complexity index is 1070. The molecule has 0 atom stereocenters. The van der Waals surface area contributed by atoms with E-state index in [9.17, 15) is 9.59 Å². The van der Waals surface area contributed by atoms with Gasteiger partial charge in [0.15, 0.2) is 5.82 Å². The molecule has 3 aromatic rings. The van der Waals surface area contributed by atoms with E-state index in [4.69, 9.17) is 4.74 Å². The Morgan fingerprint density at radius 2 is 2.03 bits per heavy atom. The molecule has 0 aliphatic carbocycles. The van der Waals surface area contributed by atoms with Crippen molar-refractivity contribution in [2.24, 2.45) is 0 Å². The first kappa shape index (κ1) is 20.3. The van der Waals surface area contributed by atoms with Crippen molar-refractivity contribution >= 4 is 23.3 Å². The lowest BCUT2D eigenvalue weighted by Crippen LogP contribution is -2.40. The van der Waals surface area contributed by atoms with Gasteiger partial charge in [-0.1, -0.05) is 18.2 Å². The SMILES string of the molecule is COc1ccc(CN2C(=O)CNc3ncc(C(=O)NCCc4cccnc4)cc32)cc1. The number of amides is 2. The highest BCUT2D eigenvalue weighted by Gasteiger charge is 2.26. The van der Waals surface area contributed by atoms with Gasteiger partial charge in [-0.05, 0) is 41.8 Å². The second-order valence-electron chi connectivity index (χ2n) is 7.14. The minimum Gasteiger partial charge on any atom is -0.497 e. The first-order valence-electron chi connectivity index (χ1n) is 9.98. The van der Waals surface area contributed by atoms with Crippen LogP contribution in [0.3, 0.4) is 0 Å². The van der Waals surface area contributed by atoms with Crippen molar-refractivity contribution in [3.8, 4) is 5.75 Å². The number of rotatable bonds is 7. The Labute approximate surface area is 180 Å². The third-order valence-electron chi connectivity index (χ3n) is 5.05. The van der Waals surface area contributed by atoms with Crippen molar-refractivity contribution in [3.05, 3.63) is 77.7 Å². The maximum Gasteiger partial charge on any atom is 0.252 e. The number of nitrogens with zero attached hydrogens (tertiary/aromatic N) is 3. The van der Waals surface area contributed by atoms with Crippen LogP contribution in [0.4, 0.5) is 11.5 Å². The van der Waals surface area contributed by atoms with E-state index in [1.165, 1.54) is 6.20 Å². The fraction of sp³-hybridized carbons (Fsp3) is 0.217. The molecule has 8 heteroatoms. The lowest BCUT2D eigenvalue weighted by Gasteiger charge is -2.29. The molecule has 2 amide bonds. The molecule has 4 rings (SSSR count). The van der Waals surface area contributed by atoms with Crippen molar-refractivity contribution in [1.82, 2.24) is 15.3 Å². The monoisotopic (exact) mass is 417 g/mol. The van der Waals surface area contributed by atoms with Gasteiger partial charge in [-0.25, -0.2) is 4.98 Å². The lowest BCUT2D eigenvalue weighted by atomic mass is 10.1. The molecule has 0 spiro atoms. The Hall–Kier alpha value is -3.94. The zero-order chi connectivity index (χ0) is 21.6. The van der Waals surface area contributed by atoms with E-state index in [-0.39, 0.29) is 18.4 Å². The van der Waals surface area contributed by atoms with Gasteiger partial charge in [0.2, 0.25) is 5.91 Å². The number of benzene rings is 1. The number of carbonyl (C=O) groups excluding carboxylic acids is 2. The lowest BCUT2D eigenvalue weighted by molar-refractivity contribution is -0.117. The second kappa shape index (κ2) is 9.25. The van der Waals surface area contributed by atoms with Crippen LogP contribution >= 0.6 is 0 Å². The number of aromatic nitrogens is 2. The summed E-state index contributed by atoms with van der Waals surface area (Å²) in [6.45, 7) is 1.02. The predicted octanol–water partition coefficient (Wildman–Crippen LogP) is 2.42. The standard InChI is InChI=1S/C23H23N5O3/c1-31-19-6-4-17(5-7-19)15-28-20-11-18(13-26-22(20)27-14-21(28)29)23(30)25-10-8-16-3-2-9-24-12-16/h2-7,9,11-13H,8,10,14-15H2,1H3,(H,25,30)(H,26,27). The molecule has 1 aliphatic rings. The van der Waals surface area contributed by atoms with Crippen LogP contribution in [0.25, 0.3) is 0 Å². The fourth-order valence-corrected chi connectivity index (χ4v) is 3.36. The summed E-state index contributed by atoms with van der Waals surface area (Å²) in [7, 11) is 1.61. The van der Waals surface area contributed by atoms with Crippen molar-refractivity contribution in [1.29, 1.82) is 0 Å². The zero-order valence-electron chi connectivity index (χ0n) is 17.2.